The summed E-state index contributed by atoms with van der Waals surface area (Å²) in [6.07, 6.45) is 3.63. The Balaban J connectivity index is 1.54. The average Bonchev–Trinajstić information content (AvgIpc) is 3.15. The molecule has 2 aromatic heterocycles. The lowest BCUT2D eigenvalue weighted by molar-refractivity contribution is 0.0361. The summed E-state index contributed by atoms with van der Waals surface area (Å²) in [4.78, 5) is 6.55. The van der Waals surface area contributed by atoms with E-state index in [1.807, 2.05) is 12.3 Å². The van der Waals surface area contributed by atoms with Crippen molar-refractivity contribution in [2.24, 2.45) is 0 Å². The number of rotatable bonds is 7. The lowest BCUT2D eigenvalue weighted by atomic mass is 10.2. The quantitative estimate of drug-likeness (QED) is 0.569. The Bertz CT molecular complexity index is 881. The number of halogens is 1. The largest absolute Gasteiger partial charge is 0.379 e. The van der Waals surface area contributed by atoms with E-state index in [4.69, 9.17) is 4.74 Å². The molecule has 8 heteroatoms. The van der Waals surface area contributed by atoms with Gasteiger partial charge >= 0.3 is 0 Å². The van der Waals surface area contributed by atoms with Gasteiger partial charge in [0.1, 0.15) is 5.82 Å². The highest BCUT2D eigenvalue weighted by atomic mass is 32.2. The molecular formula is C20H22FN5OS. The van der Waals surface area contributed by atoms with Crippen LogP contribution in [0.15, 0.2) is 53.9 Å². The normalized spacial score (nSPS) is 15.0. The van der Waals surface area contributed by atoms with Crippen molar-refractivity contribution < 1.29 is 9.13 Å². The predicted octanol–water partition coefficient (Wildman–Crippen LogP) is 3.10. The summed E-state index contributed by atoms with van der Waals surface area (Å²) in [5.74, 6) is 1.28. The van der Waals surface area contributed by atoms with E-state index in [9.17, 15) is 4.39 Å². The summed E-state index contributed by atoms with van der Waals surface area (Å²) >= 11 is 1.64. The minimum absolute atomic E-state index is 0.255. The highest BCUT2D eigenvalue weighted by molar-refractivity contribution is 7.98. The van der Waals surface area contributed by atoms with Crippen LogP contribution in [0.4, 0.5) is 4.39 Å². The molecule has 6 nitrogen and oxygen atoms in total. The second kappa shape index (κ2) is 9.27. The Morgan fingerprint density at radius 3 is 2.61 bits per heavy atom. The van der Waals surface area contributed by atoms with Gasteiger partial charge in [-0.2, -0.15) is 0 Å². The predicted molar refractivity (Wildman–Crippen MR) is 106 cm³/mol. The number of pyridine rings is 1. The molecule has 4 rings (SSSR count). The number of morpholine rings is 1. The van der Waals surface area contributed by atoms with Crippen LogP contribution in [0.1, 0.15) is 5.56 Å². The molecule has 1 saturated heterocycles. The van der Waals surface area contributed by atoms with Crippen LogP contribution < -0.4 is 0 Å². The maximum Gasteiger partial charge on any atom is 0.191 e. The molecule has 0 atom stereocenters. The number of ether oxygens (including phenoxy) is 1. The molecule has 1 aliphatic rings. The number of nitrogens with zero attached hydrogens (tertiary/aromatic N) is 5. The van der Waals surface area contributed by atoms with Gasteiger partial charge in [-0.25, -0.2) is 4.39 Å². The Morgan fingerprint density at radius 1 is 1.04 bits per heavy atom. The van der Waals surface area contributed by atoms with Gasteiger partial charge in [0.05, 0.1) is 13.2 Å². The average molecular weight is 399 g/mol. The molecule has 0 saturated carbocycles. The molecule has 0 N–H and O–H groups in total. The van der Waals surface area contributed by atoms with Crippen LogP contribution in [-0.2, 0) is 17.0 Å². The van der Waals surface area contributed by atoms with Crippen LogP contribution in [0.25, 0.3) is 11.4 Å². The number of aromatic nitrogens is 4. The standard InChI is InChI=1S/C20H22FN5OS/c21-18-5-3-17(4-6-18)19-23-24-20(28-15-16-2-1-7-22-14-16)26(19)9-8-25-10-12-27-13-11-25/h1-7,14H,8-13,15H2. The Hall–Kier alpha value is -2.29. The van der Waals surface area contributed by atoms with E-state index >= 15 is 0 Å². The van der Waals surface area contributed by atoms with Gasteiger partial charge in [-0.15, -0.1) is 10.2 Å². The zero-order valence-corrected chi connectivity index (χ0v) is 16.3. The van der Waals surface area contributed by atoms with Crippen molar-refractivity contribution in [2.45, 2.75) is 17.5 Å². The molecule has 3 aromatic rings. The highest BCUT2D eigenvalue weighted by Gasteiger charge is 2.17. The van der Waals surface area contributed by atoms with Gasteiger partial charge < -0.3 is 9.30 Å². The number of hydrogen-bond acceptors (Lipinski definition) is 6. The van der Waals surface area contributed by atoms with E-state index in [2.05, 4.69) is 30.7 Å². The molecule has 1 aliphatic heterocycles. The van der Waals surface area contributed by atoms with Gasteiger partial charge in [-0.1, -0.05) is 17.8 Å². The third-order valence-corrected chi connectivity index (χ3v) is 5.69. The van der Waals surface area contributed by atoms with Gasteiger partial charge in [0, 0.05) is 49.9 Å². The first-order valence-electron chi connectivity index (χ1n) is 9.30. The Kier molecular flexibility index (Phi) is 6.31. The van der Waals surface area contributed by atoms with Gasteiger partial charge in [-0.3, -0.25) is 9.88 Å². The van der Waals surface area contributed by atoms with Crippen molar-refractivity contribution >= 4 is 11.8 Å². The van der Waals surface area contributed by atoms with Crippen molar-refractivity contribution in [1.82, 2.24) is 24.6 Å². The number of thioether (sulfide) groups is 1. The van der Waals surface area contributed by atoms with Crippen molar-refractivity contribution in [1.29, 1.82) is 0 Å². The SMILES string of the molecule is Fc1ccc(-c2nnc(SCc3cccnc3)n2CCN2CCOCC2)cc1. The first-order valence-corrected chi connectivity index (χ1v) is 10.3. The van der Waals surface area contributed by atoms with Crippen LogP contribution in [0, 0.1) is 5.82 Å². The molecule has 0 bridgehead atoms. The van der Waals surface area contributed by atoms with E-state index in [1.165, 1.54) is 12.1 Å². The van der Waals surface area contributed by atoms with E-state index in [-0.39, 0.29) is 5.82 Å². The summed E-state index contributed by atoms with van der Waals surface area (Å²) < 4.78 is 20.9. The fourth-order valence-electron chi connectivity index (χ4n) is 3.11. The molecule has 0 radical (unpaired) electrons. The molecule has 28 heavy (non-hydrogen) atoms. The summed E-state index contributed by atoms with van der Waals surface area (Å²) in [6, 6.07) is 10.4. The van der Waals surface area contributed by atoms with Crippen LogP contribution in [0.2, 0.25) is 0 Å². The lowest BCUT2D eigenvalue weighted by Crippen LogP contribution is -2.38. The third kappa shape index (κ3) is 4.76. The summed E-state index contributed by atoms with van der Waals surface area (Å²) in [5.41, 5.74) is 2.00. The van der Waals surface area contributed by atoms with Crippen LogP contribution in [-0.4, -0.2) is 57.5 Å². The molecule has 1 fully saturated rings. The molecule has 1 aromatic carbocycles. The van der Waals surface area contributed by atoms with Gasteiger partial charge in [0.2, 0.25) is 0 Å². The first-order chi connectivity index (χ1) is 13.8. The zero-order valence-electron chi connectivity index (χ0n) is 15.5. The molecule has 0 aliphatic carbocycles. The summed E-state index contributed by atoms with van der Waals surface area (Å²) in [6.45, 7) is 5.09. The van der Waals surface area contributed by atoms with Crippen molar-refractivity contribution in [3.05, 3.63) is 60.2 Å². The minimum Gasteiger partial charge on any atom is -0.379 e. The molecule has 0 unspecified atom stereocenters. The lowest BCUT2D eigenvalue weighted by Gasteiger charge is -2.27. The molecule has 0 spiro atoms. The zero-order chi connectivity index (χ0) is 19.2. The maximum absolute atomic E-state index is 13.3. The van der Waals surface area contributed by atoms with E-state index in [1.54, 1.807) is 30.1 Å². The highest BCUT2D eigenvalue weighted by Crippen LogP contribution is 2.26. The minimum atomic E-state index is -0.255. The Morgan fingerprint density at radius 2 is 1.86 bits per heavy atom. The molecular weight excluding hydrogens is 377 g/mol. The fourth-order valence-corrected chi connectivity index (χ4v) is 4.01. The maximum atomic E-state index is 13.3. The number of benzene rings is 1. The molecule has 3 heterocycles. The van der Waals surface area contributed by atoms with Crippen LogP contribution in [0.3, 0.4) is 0 Å². The monoisotopic (exact) mass is 399 g/mol. The van der Waals surface area contributed by atoms with E-state index < -0.39 is 0 Å². The summed E-state index contributed by atoms with van der Waals surface area (Å²) in [7, 11) is 0. The van der Waals surface area contributed by atoms with E-state index in [0.717, 1.165) is 67.3 Å². The number of hydrogen-bond donors (Lipinski definition) is 0. The van der Waals surface area contributed by atoms with Gasteiger partial charge in [0.15, 0.2) is 11.0 Å². The topological polar surface area (TPSA) is 56.1 Å². The second-order valence-electron chi connectivity index (χ2n) is 6.57. The van der Waals surface area contributed by atoms with Gasteiger partial charge in [0.25, 0.3) is 0 Å². The smallest absolute Gasteiger partial charge is 0.191 e. The van der Waals surface area contributed by atoms with Gasteiger partial charge in [-0.05, 0) is 35.9 Å². The van der Waals surface area contributed by atoms with Crippen LogP contribution in [0.5, 0.6) is 0 Å². The molecule has 146 valence electrons. The third-order valence-electron chi connectivity index (χ3n) is 4.65. The molecule has 0 amide bonds. The summed E-state index contributed by atoms with van der Waals surface area (Å²) in [5, 5.41) is 9.67. The van der Waals surface area contributed by atoms with Crippen molar-refractivity contribution in [2.75, 3.05) is 32.8 Å². The van der Waals surface area contributed by atoms with Crippen LogP contribution >= 0.6 is 11.8 Å². The second-order valence-corrected chi connectivity index (χ2v) is 7.51. The Labute approximate surface area is 167 Å². The fraction of sp³-hybridized carbons (Fsp3) is 0.350. The van der Waals surface area contributed by atoms with Crippen molar-refractivity contribution in [3.8, 4) is 11.4 Å². The van der Waals surface area contributed by atoms with E-state index in [0.29, 0.717) is 0 Å². The van der Waals surface area contributed by atoms with Crippen molar-refractivity contribution in [3.63, 3.8) is 0 Å². The first kappa shape index (κ1) is 19.0.